The van der Waals surface area contributed by atoms with Gasteiger partial charge in [0.25, 0.3) is 10.0 Å². The van der Waals surface area contributed by atoms with E-state index in [0.29, 0.717) is 13.0 Å². The number of carbonyl (C=O) groups excluding carboxylic acids is 1. The van der Waals surface area contributed by atoms with Gasteiger partial charge in [0.15, 0.2) is 5.03 Å². The van der Waals surface area contributed by atoms with Crippen LogP contribution in [-0.2, 0) is 14.8 Å². The zero-order valence-corrected chi connectivity index (χ0v) is 10.6. The van der Waals surface area contributed by atoms with Gasteiger partial charge in [0.1, 0.15) is 6.17 Å². The van der Waals surface area contributed by atoms with Crippen molar-refractivity contribution in [2.45, 2.75) is 36.9 Å². The quantitative estimate of drug-likeness (QED) is 0.644. The van der Waals surface area contributed by atoms with Gasteiger partial charge >= 0.3 is 0 Å². The van der Waals surface area contributed by atoms with Gasteiger partial charge in [-0.25, -0.2) is 13.2 Å². The molecule has 0 saturated carbocycles. The van der Waals surface area contributed by atoms with E-state index in [1.807, 2.05) is 0 Å². The first kappa shape index (κ1) is 12.9. The van der Waals surface area contributed by atoms with E-state index in [9.17, 15) is 13.2 Å². The van der Waals surface area contributed by atoms with E-state index in [1.54, 1.807) is 0 Å². The summed E-state index contributed by atoms with van der Waals surface area (Å²) >= 11 is 0. The summed E-state index contributed by atoms with van der Waals surface area (Å²) in [4.78, 5) is 14.0. The van der Waals surface area contributed by atoms with E-state index < -0.39 is 16.2 Å². The van der Waals surface area contributed by atoms with Crippen molar-refractivity contribution >= 4 is 16.1 Å². The SMILES string of the molecule is O=C=NC1CCCCCN1S(=O)(=O)c1ccn[nH]1. The molecule has 1 saturated heterocycles. The van der Waals surface area contributed by atoms with Gasteiger partial charge in [-0.2, -0.15) is 14.4 Å². The number of rotatable bonds is 3. The molecule has 0 amide bonds. The molecule has 8 heteroatoms. The zero-order chi connectivity index (χ0) is 13.0. The minimum absolute atomic E-state index is 0.0236. The van der Waals surface area contributed by atoms with Crippen molar-refractivity contribution in [1.82, 2.24) is 14.5 Å². The maximum absolute atomic E-state index is 12.4. The van der Waals surface area contributed by atoms with E-state index in [-0.39, 0.29) is 5.03 Å². The first-order chi connectivity index (χ1) is 8.66. The minimum Gasteiger partial charge on any atom is -0.266 e. The fourth-order valence-electron chi connectivity index (χ4n) is 2.05. The van der Waals surface area contributed by atoms with Crippen LogP contribution in [0.1, 0.15) is 25.7 Å². The Morgan fingerprint density at radius 2 is 2.28 bits per heavy atom. The number of aliphatic imine (C=N–C) groups is 1. The van der Waals surface area contributed by atoms with Crippen LogP contribution >= 0.6 is 0 Å². The van der Waals surface area contributed by atoms with Crippen LogP contribution in [0.2, 0.25) is 0 Å². The molecule has 0 radical (unpaired) electrons. The summed E-state index contributed by atoms with van der Waals surface area (Å²) in [6.45, 7) is 0.358. The van der Waals surface area contributed by atoms with Crippen LogP contribution in [0.5, 0.6) is 0 Å². The smallest absolute Gasteiger partial charge is 0.261 e. The number of aromatic nitrogens is 2. The summed E-state index contributed by atoms with van der Waals surface area (Å²) in [6, 6.07) is 1.39. The van der Waals surface area contributed by atoms with Crippen LogP contribution in [0.15, 0.2) is 22.3 Å². The molecule has 1 aliphatic rings. The van der Waals surface area contributed by atoms with E-state index in [1.165, 1.54) is 22.6 Å². The molecule has 1 fully saturated rings. The molecule has 18 heavy (non-hydrogen) atoms. The van der Waals surface area contributed by atoms with Crippen LogP contribution in [0.3, 0.4) is 0 Å². The highest BCUT2D eigenvalue weighted by Crippen LogP contribution is 2.24. The summed E-state index contributed by atoms with van der Waals surface area (Å²) < 4.78 is 26.0. The lowest BCUT2D eigenvalue weighted by atomic mass is 10.2. The molecule has 1 aliphatic heterocycles. The molecular weight excluding hydrogens is 256 g/mol. The van der Waals surface area contributed by atoms with Crippen molar-refractivity contribution in [2.75, 3.05) is 6.54 Å². The maximum atomic E-state index is 12.4. The lowest BCUT2D eigenvalue weighted by Crippen LogP contribution is -2.39. The molecular formula is C10H14N4O3S. The highest BCUT2D eigenvalue weighted by atomic mass is 32.2. The minimum atomic E-state index is -3.67. The van der Waals surface area contributed by atoms with Gasteiger partial charge in [-0.05, 0) is 25.3 Å². The molecule has 0 aromatic carbocycles. The fourth-order valence-corrected chi connectivity index (χ4v) is 3.54. The van der Waals surface area contributed by atoms with E-state index >= 15 is 0 Å². The van der Waals surface area contributed by atoms with Gasteiger partial charge in [0.2, 0.25) is 6.08 Å². The fraction of sp³-hybridized carbons (Fsp3) is 0.600. The molecule has 98 valence electrons. The van der Waals surface area contributed by atoms with Crippen molar-refractivity contribution < 1.29 is 13.2 Å². The second-order valence-corrected chi connectivity index (χ2v) is 5.95. The molecule has 7 nitrogen and oxygen atoms in total. The van der Waals surface area contributed by atoms with Gasteiger partial charge in [-0.3, -0.25) is 5.10 Å². The second kappa shape index (κ2) is 5.43. The summed E-state index contributed by atoms with van der Waals surface area (Å²) in [7, 11) is -3.67. The third-order valence-corrected chi connectivity index (χ3v) is 4.76. The Kier molecular flexibility index (Phi) is 3.90. The van der Waals surface area contributed by atoms with E-state index in [4.69, 9.17) is 0 Å². The lowest BCUT2D eigenvalue weighted by Gasteiger charge is -2.24. The van der Waals surface area contributed by atoms with E-state index in [2.05, 4.69) is 15.2 Å². The summed E-state index contributed by atoms with van der Waals surface area (Å²) in [6.07, 6.45) is 5.27. The van der Waals surface area contributed by atoms with Crippen LogP contribution in [-0.4, -0.2) is 41.7 Å². The van der Waals surface area contributed by atoms with Crippen LogP contribution in [0.4, 0.5) is 0 Å². The molecule has 1 aromatic heterocycles. The number of nitrogens with one attached hydrogen (secondary N) is 1. The summed E-state index contributed by atoms with van der Waals surface area (Å²) in [5, 5.41) is 6.10. The average molecular weight is 270 g/mol. The second-order valence-electron chi connectivity index (χ2n) is 4.09. The van der Waals surface area contributed by atoms with Gasteiger partial charge in [-0.1, -0.05) is 6.42 Å². The molecule has 1 unspecified atom stereocenters. The molecule has 2 rings (SSSR count). The first-order valence-corrected chi connectivity index (χ1v) is 7.18. The predicted molar refractivity (Wildman–Crippen MR) is 62.9 cm³/mol. The zero-order valence-electron chi connectivity index (χ0n) is 9.74. The average Bonchev–Trinajstić information content (AvgIpc) is 2.78. The Morgan fingerprint density at radius 1 is 1.44 bits per heavy atom. The van der Waals surface area contributed by atoms with Crippen LogP contribution in [0, 0.1) is 0 Å². The Morgan fingerprint density at radius 3 is 2.94 bits per heavy atom. The molecule has 1 atom stereocenters. The Bertz CT molecular complexity index is 533. The van der Waals surface area contributed by atoms with E-state index in [0.717, 1.165) is 19.3 Å². The predicted octanol–water partition coefficient (Wildman–Crippen LogP) is 0.636. The van der Waals surface area contributed by atoms with Crippen molar-refractivity contribution in [1.29, 1.82) is 0 Å². The van der Waals surface area contributed by atoms with Crippen molar-refractivity contribution in [3.8, 4) is 0 Å². The number of sulfonamides is 1. The number of aromatic amines is 1. The molecule has 0 aliphatic carbocycles. The van der Waals surface area contributed by atoms with Gasteiger partial charge in [0, 0.05) is 6.54 Å². The number of isocyanates is 1. The largest absolute Gasteiger partial charge is 0.266 e. The van der Waals surface area contributed by atoms with Crippen molar-refractivity contribution in [2.24, 2.45) is 4.99 Å². The number of nitrogens with zero attached hydrogens (tertiary/aromatic N) is 3. The molecule has 0 bridgehead atoms. The topological polar surface area (TPSA) is 95.5 Å². The number of H-pyrrole nitrogens is 1. The standard InChI is InChI=1S/C10H14N4O3S/c15-8-11-9-4-2-1-3-7-14(9)18(16,17)10-5-6-12-13-10/h5-6,9H,1-4,7H2,(H,12,13). The first-order valence-electron chi connectivity index (χ1n) is 5.74. The van der Waals surface area contributed by atoms with Crippen LogP contribution in [0.25, 0.3) is 0 Å². The number of hydrogen-bond donors (Lipinski definition) is 1. The van der Waals surface area contributed by atoms with Gasteiger partial charge < -0.3 is 0 Å². The lowest BCUT2D eigenvalue weighted by molar-refractivity contribution is 0.329. The third-order valence-electron chi connectivity index (χ3n) is 2.94. The molecule has 0 spiro atoms. The normalized spacial score (nSPS) is 22.1. The highest BCUT2D eigenvalue weighted by Gasteiger charge is 2.33. The van der Waals surface area contributed by atoms with Gasteiger partial charge in [0.05, 0.1) is 6.20 Å². The number of hydrogen-bond acceptors (Lipinski definition) is 5. The Balaban J connectivity index is 2.36. The highest BCUT2D eigenvalue weighted by molar-refractivity contribution is 7.89. The van der Waals surface area contributed by atoms with Crippen molar-refractivity contribution in [3.63, 3.8) is 0 Å². The molecule has 2 heterocycles. The Hall–Kier alpha value is -1.50. The van der Waals surface area contributed by atoms with Crippen LogP contribution < -0.4 is 0 Å². The Labute approximate surface area is 105 Å². The monoisotopic (exact) mass is 270 g/mol. The van der Waals surface area contributed by atoms with Gasteiger partial charge in [-0.15, -0.1) is 0 Å². The maximum Gasteiger partial charge on any atom is 0.261 e. The third kappa shape index (κ3) is 2.50. The molecule has 1 N–H and O–H groups in total. The molecule has 1 aromatic rings. The summed E-state index contributed by atoms with van der Waals surface area (Å²) in [5.41, 5.74) is 0. The summed E-state index contributed by atoms with van der Waals surface area (Å²) in [5.74, 6) is 0. The van der Waals surface area contributed by atoms with Crippen molar-refractivity contribution in [3.05, 3.63) is 12.3 Å².